The molecule has 1 aliphatic heterocycles. The van der Waals surface area contributed by atoms with Crippen molar-refractivity contribution in [2.45, 2.75) is 18.9 Å². The Kier molecular flexibility index (Phi) is 4.74. The lowest BCUT2D eigenvalue weighted by Crippen LogP contribution is -2.39. The van der Waals surface area contributed by atoms with Gasteiger partial charge in [0, 0.05) is 19.2 Å². The van der Waals surface area contributed by atoms with Crippen LogP contribution >= 0.6 is 0 Å². The van der Waals surface area contributed by atoms with Gasteiger partial charge in [0.2, 0.25) is 5.91 Å². The third kappa shape index (κ3) is 3.57. The topological polar surface area (TPSA) is 49.8 Å². The molecular formula is C15H18FNO3. The number of amides is 1. The number of hydrogen-bond acceptors (Lipinski definition) is 3. The summed E-state index contributed by atoms with van der Waals surface area (Å²) in [6.07, 6.45) is 3.92. The zero-order valence-electron chi connectivity index (χ0n) is 11.4. The number of rotatable bonds is 3. The quantitative estimate of drug-likeness (QED) is 0.859. The number of carbonyl (C=O) groups is 1. The fraction of sp³-hybridized carbons (Fsp3) is 0.400. The Bertz CT molecular complexity index is 508. The second-order valence-corrected chi connectivity index (χ2v) is 4.78. The molecule has 1 aromatic rings. The Morgan fingerprint density at radius 2 is 2.15 bits per heavy atom. The highest BCUT2D eigenvalue weighted by Gasteiger charge is 2.19. The summed E-state index contributed by atoms with van der Waals surface area (Å²) in [5.41, 5.74) is 0.605. The first-order valence-electron chi connectivity index (χ1n) is 6.58. The van der Waals surface area contributed by atoms with E-state index in [1.165, 1.54) is 25.3 Å². The molecule has 1 aliphatic rings. The number of likely N-dealkylation sites (tertiary alicyclic amines) is 1. The van der Waals surface area contributed by atoms with E-state index in [0.717, 1.165) is 0 Å². The second kappa shape index (κ2) is 6.52. The summed E-state index contributed by atoms with van der Waals surface area (Å²) in [6.45, 7) is 1.11. The van der Waals surface area contributed by atoms with Crippen molar-refractivity contribution in [3.8, 4) is 5.75 Å². The van der Waals surface area contributed by atoms with Gasteiger partial charge in [0.1, 0.15) is 0 Å². The van der Waals surface area contributed by atoms with Gasteiger partial charge in [-0.05, 0) is 36.6 Å². The highest BCUT2D eigenvalue weighted by molar-refractivity contribution is 5.91. The molecule has 0 bridgehead atoms. The molecule has 0 atom stereocenters. The molecule has 1 saturated heterocycles. The molecule has 0 spiro atoms. The fourth-order valence-corrected chi connectivity index (χ4v) is 2.15. The highest BCUT2D eigenvalue weighted by atomic mass is 19.1. The Hall–Kier alpha value is -1.88. The van der Waals surface area contributed by atoms with Crippen molar-refractivity contribution >= 4 is 12.0 Å². The van der Waals surface area contributed by atoms with Gasteiger partial charge >= 0.3 is 0 Å². The van der Waals surface area contributed by atoms with Crippen molar-refractivity contribution in [1.82, 2.24) is 4.90 Å². The lowest BCUT2D eigenvalue weighted by atomic mass is 10.1. The number of benzene rings is 1. The van der Waals surface area contributed by atoms with Gasteiger partial charge in [-0.25, -0.2) is 4.39 Å². The molecule has 5 heteroatoms. The molecule has 0 unspecified atom stereocenters. The molecule has 1 amide bonds. The molecule has 0 saturated carbocycles. The fourth-order valence-electron chi connectivity index (χ4n) is 2.15. The number of piperidine rings is 1. The smallest absolute Gasteiger partial charge is 0.246 e. The molecule has 0 aliphatic carbocycles. The van der Waals surface area contributed by atoms with Gasteiger partial charge in [-0.1, -0.05) is 6.07 Å². The summed E-state index contributed by atoms with van der Waals surface area (Å²) in [5, 5.41) is 9.39. The van der Waals surface area contributed by atoms with Crippen LogP contribution < -0.4 is 4.74 Å². The van der Waals surface area contributed by atoms with E-state index < -0.39 is 5.82 Å². The molecule has 0 radical (unpaired) electrons. The van der Waals surface area contributed by atoms with Crippen LogP contribution in [0.4, 0.5) is 4.39 Å². The second-order valence-electron chi connectivity index (χ2n) is 4.78. The van der Waals surface area contributed by atoms with Gasteiger partial charge in [-0.3, -0.25) is 4.79 Å². The number of aliphatic hydroxyl groups excluding tert-OH is 1. The summed E-state index contributed by atoms with van der Waals surface area (Å²) in [7, 11) is 1.40. The van der Waals surface area contributed by atoms with Crippen LogP contribution in [0.2, 0.25) is 0 Å². The number of carbonyl (C=O) groups excluding carboxylic acids is 1. The summed E-state index contributed by atoms with van der Waals surface area (Å²) < 4.78 is 18.3. The molecule has 1 N–H and O–H groups in total. The van der Waals surface area contributed by atoms with Crippen molar-refractivity contribution in [3.05, 3.63) is 35.7 Å². The molecular weight excluding hydrogens is 261 g/mol. The Morgan fingerprint density at radius 1 is 1.45 bits per heavy atom. The Balaban J connectivity index is 1.98. The molecule has 20 heavy (non-hydrogen) atoms. The third-order valence-electron chi connectivity index (χ3n) is 3.37. The number of aliphatic hydroxyl groups is 1. The molecule has 108 valence electrons. The molecule has 2 rings (SSSR count). The first-order chi connectivity index (χ1) is 9.60. The number of methoxy groups -OCH3 is 1. The average Bonchev–Trinajstić information content (AvgIpc) is 2.45. The summed E-state index contributed by atoms with van der Waals surface area (Å²) in [5.74, 6) is -0.394. The Morgan fingerprint density at radius 3 is 2.75 bits per heavy atom. The monoisotopic (exact) mass is 279 g/mol. The van der Waals surface area contributed by atoms with Crippen LogP contribution in [-0.4, -0.2) is 42.2 Å². The van der Waals surface area contributed by atoms with E-state index in [4.69, 9.17) is 4.74 Å². The van der Waals surface area contributed by atoms with Crippen molar-refractivity contribution in [1.29, 1.82) is 0 Å². The largest absolute Gasteiger partial charge is 0.494 e. The van der Waals surface area contributed by atoms with Gasteiger partial charge < -0.3 is 14.7 Å². The minimum Gasteiger partial charge on any atom is -0.494 e. The summed E-state index contributed by atoms with van der Waals surface area (Å²) >= 11 is 0. The van der Waals surface area contributed by atoms with Gasteiger partial charge in [0.25, 0.3) is 0 Å². The Labute approximate surface area is 117 Å². The number of halogens is 1. The average molecular weight is 279 g/mol. The summed E-state index contributed by atoms with van der Waals surface area (Å²) in [4.78, 5) is 13.6. The van der Waals surface area contributed by atoms with Crippen LogP contribution in [0.3, 0.4) is 0 Å². The zero-order valence-corrected chi connectivity index (χ0v) is 11.4. The SMILES string of the molecule is COc1ccc(C=CC(=O)N2CCC(O)CC2)cc1F. The molecule has 4 nitrogen and oxygen atoms in total. The van der Waals surface area contributed by atoms with Crippen LogP contribution in [0, 0.1) is 5.82 Å². The van der Waals surface area contributed by atoms with E-state index in [-0.39, 0.29) is 17.8 Å². The standard InChI is InChI=1S/C15H18FNO3/c1-20-14-4-2-11(10-13(14)16)3-5-15(19)17-8-6-12(18)7-9-17/h2-5,10,12,18H,6-9H2,1H3. The maximum Gasteiger partial charge on any atom is 0.246 e. The lowest BCUT2D eigenvalue weighted by Gasteiger charge is -2.28. The van der Waals surface area contributed by atoms with Crippen molar-refractivity contribution in [2.75, 3.05) is 20.2 Å². The van der Waals surface area contributed by atoms with E-state index in [9.17, 15) is 14.3 Å². The van der Waals surface area contributed by atoms with E-state index in [1.54, 1.807) is 17.0 Å². The normalized spacial score (nSPS) is 16.6. The lowest BCUT2D eigenvalue weighted by molar-refractivity contribution is -0.127. The molecule has 0 aromatic heterocycles. The van der Waals surface area contributed by atoms with Crippen LogP contribution in [-0.2, 0) is 4.79 Å². The first-order valence-corrected chi connectivity index (χ1v) is 6.58. The summed E-state index contributed by atoms with van der Waals surface area (Å²) in [6, 6.07) is 4.53. The maximum atomic E-state index is 13.5. The van der Waals surface area contributed by atoms with Gasteiger partial charge in [-0.2, -0.15) is 0 Å². The number of ether oxygens (including phenoxy) is 1. The van der Waals surface area contributed by atoms with E-state index >= 15 is 0 Å². The van der Waals surface area contributed by atoms with Gasteiger partial charge in [0.05, 0.1) is 13.2 Å². The highest BCUT2D eigenvalue weighted by Crippen LogP contribution is 2.18. The predicted molar refractivity (Wildman–Crippen MR) is 73.8 cm³/mol. The van der Waals surface area contributed by atoms with Crippen LogP contribution in [0.25, 0.3) is 6.08 Å². The maximum absolute atomic E-state index is 13.5. The zero-order chi connectivity index (χ0) is 14.5. The van der Waals surface area contributed by atoms with E-state index in [2.05, 4.69) is 0 Å². The minimum atomic E-state index is -0.455. The van der Waals surface area contributed by atoms with Crippen molar-refractivity contribution in [2.24, 2.45) is 0 Å². The molecule has 1 fully saturated rings. The van der Waals surface area contributed by atoms with E-state index in [0.29, 0.717) is 31.5 Å². The number of hydrogen-bond donors (Lipinski definition) is 1. The van der Waals surface area contributed by atoms with Crippen molar-refractivity contribution in [3.63, 3.8) is 0 Å². The van der Waals surface area contributed by atoms with Gasteiger partial charge in [0.15, 0.2) is 11.6 Å². The van der Waals surface area contributed by atoms with Gasteiger partial charge in [-0.15, -0.1) is 0 Å². The van der Waals surface area contributed by atoms with E-state index in [1.807, 2.05) is 0 Å². The first kappa shape index (κ1) is 14.5. The van der Waals surface area contributed by atoms with Crippen LogP contribution in [0.15, 0.2) is 24.3 Å². The minimum absolute atomic E-state index is 0.117. The third-order valence-corrected chi connectivity index (χ3v) is 3.37. The molecule has 1 heterocycles. The predicted octanol–water partition coefficient (Wildman–Crippen LogP) is 1.83. The van der Waals surface area contributed by atoms with Crippen LogP contribution in [0.1, 0.15) is 18.4 Å². The van der Waals surface area contributed by atoms with Crippen LogP contribution in [0.5, 0.6) is 5.75 Å². The molecule has 1 aromatic carbocycles. The number of nitrogens with zero attached hydrogens (tertiary/aromatic N) is 1. The van der Waals surface area contributed by atoms with Crippen molar-refractivity contribution < 1.29 is 19.0 Å².